The van der Waals surface area contributed by atoms with Crippen molar-refractivity contribution in [3.05, 3.63) is 78.4 Å². The largest absolute Gasteiger partial charge is 0.491 e. The minimum absolute atomic E-state index is 0.0193. The normalized spacial score (nSPS) is 11.9. The Bertz CT molecular complexity index is 1310. The number of nitrogens with zero attached hydrogens (tertiary/aromatic N) is 1. The number of esters is 1. The zero-order valence-electron chi connectivity index (χ0n) is 22.1. The number of benzene rings is 3. The van der Waals surface area contributed by atoms with Crippen LogP contribution in [0.1, 0.15) is 50.4 Å². The van der Waals surface area contributed by atoms with Gasteiger partial charge in [-0.15, -0.1) is 0 Å². The van der Waals surface area contributed by atoms with Gasteiger partial charge in [0.1, 0.15) is 17.9 Å². The first-order chi connectivity index (χ1) is 18.4. The molecule has 7 nitrogen and oxygen atoms in total. The predicted molar refractivity (Wildman–Crippen MR) is 148 cm³/mol. The molecule has 0 saturated carbocycles. The van der Waals surface area contributed by atoms with Crippen molar-refractivity contribution in [3.63, 3.8) is 0 Å². The lowest BCUT2D eigenvalue weighted by molar-refractivity contribution is -0.143. The number of oxazole rings is 1. The molecule has 0 aliphatic carbocycles. The van der Waals surface area contributed by atoms with Crippen LogP contribution in [0.5, 0.6) is 5.75 Å². The van der Waals surface area contributed by atoms with E-state index in [4.69, 9.17) is 13.9 Å². The van der Waals surface area contributed by atoms with Crippen molar-refractivity contribution in [2.24, 2.45) is 5.92 Å². The van der Waals surface area contributed by atoms with Crippen molar-refractivity contribution in [2.45, 2.75) is 46.1 Å². The van der Waals surface area contributed by atoms with Crippen LogP contribution in [-0.4, -0.2) is 36.0 Å². The lowest BCUT2D eigenvalue weighted by Crippen LogP contribution is -2.32. The van der Waals surface area contributed by atoms with Crippen LogP contribution >= 0.6 is 0 Å². The Labute approximate surface area is 223 Å². The van der Waals surface area contributed by atoms with E-state index in [1.807, 2.05) is 72.8 Å². The number of rotatable bonds is 13. The fourth-order valence-corrected chi connectivity index (χ4v) is 4.01. The molecule has 0 aliphatic heterocycles. The third-order valence-electron chi connectivity index (χ3n) is 6.28. The van der Waals surface area contributed by atoms with Gasteiger partial charge >= 0.3 is 5.97 Å². The maximum atomic E-state index is 12.4. The van der Waals surface area contributed by atoms with Gasteiger partial charge in [0.05, 0.1) is 12.6 Å². The summed E-state index contributed by atoms with van der Waals surface area (Å²) >= 11 is 0. The molecule has 0 amide bonds. The average molecular weight is 515 g/mol. The Hall–Kier alpha value is -4.13. The smallest absolute Gasteiger partial charge is 0.305 e. The summed E-state index contributed by atoms with van der Waals surface area (Å²) in [6.07, 6.45) is 1.06. The minimum atomic E-state index is -0.263. The van der Waals surface area contributed by atoms with E-state index in [1.165, 1.54) is 0 Å². The number of carbonyl (C=O) groups is 2. The summed E-state index contributed by atoms with van der Waals surface area (Å²) in [7, 11) is 0. The summed E-state index contributed by atoms with van der Waals surface area (Å²) in [4.78, 5) is 28.4. The van der Waals surface area contributed by atoms with Gasteiger partial charge in [-0.25, -0.2) is 4.98 Å². The van der Waals surface area contributed by atoms with Gasteiger partial charge in [-0.05, 0) is 79.9 Å². The molecule has 0 aliphatic rings. The molecule has 4 rings (SSSR count). The molecule has 1 N–H and O–H groups in total. The van der Waals surface area contributed by atoms with E-state index >= 15 is 0 Å². The number of hydrogen-bond acceptors (Lipinski definition) is 7. The molecule has 0 radical (unpaired) electrons. The number of fused-ring (bicyclic) bond motifs is 1. The quantitative estimate of drug-likeness (QED) is 0.153. The molecule has 3 aromatic carbocycles. The van der Waals surface area contributed by atoms with Gasteiger partial charge < -0.3 is 19.2 Å². The van der Waals surface area contributed by atoms with Gasteiger partial charge in [-0.3, -0.25) is 9.59 Å². The van der Waals surface area contributed by atoms with E-state index in [9.17, 15) is 9.59 Å². The number of para-hydroxylation sites is 2. The van der Waals surface area contributed by atoms with Gasteiger partial charge in [0.15, 0.2) is 11.4 Å². The summed E-state index contributed by atoms with van der Waals surface area (Å²) in [6, 6.07) is 22.9. The third-order valence-corrected chi connectivity index (χ3v) is 6.28. The fraction of sp³-hybridized carbons (Fsp3) is 0.323. The average Bonchev–Trinajstić information content (AvgIpc) is 3.36. The number of hydrogen-bond donors (Lipinski definition) is 1. The first-order valence-electron chi connectivity index (χ1n) is 13.1. The van der Waals surface area contributed by atoms with Crippen LogP contribution in [0.2, 0.25) is 0 Å². The highest BCUT2D eigenvalue weighted by Gasteiger charge is 2.16. The summed E-state index contributed by atoms with van der Waals surface area (Å²) in [5.74, 6) is 1.42. The molecule has 198 valence electrons. The Morgan fingerprint density at radius 3 is 2.37 bits per heavy atom. The summed E-state index contributed by atoms with van der Waals surface area (Å²) < 4.78 is 16.8. The molecular formula is C31H34N2O5. The highest BCUT2D eigenvalue weighted by Crippen LogP contribution is 2.26. The van der Waals surface area contributed by atoms with Crippen LogP contribution in [0, 0.1) is 5.92 Å². The molecule has 7 heteroatoms. The number of ketones is 1. The van der Waals surface area contributed by atoms with Crippen molar-refractivity contribution in [1.82, 2.24) is 4.98 Å². The molecular weight excluding hydrogens is 480 g/mol. The second-order valence-corrected chi connectivity index (χ2v) is 9.48. The Morgan fingerprint density at radius 1 is 0.947 bits per heavy atom. The predicted octanol–water partition coefficient (Wildman–Crippen LogP) is 6.93. The number of carbonyl (C=O) groups excluding carboxylic acids is 2. The summed E-state index contributed by atoms with van der Waals surface area (Å²) in [5.41, 5.74) is 4.04. The molecule has 38 heavy (non-hydrogen) atoms. The molecule has 0 spiro atoms. The van der Waals surface area contributed by atoms with Crippen LogP contribution < -0.4 is 10.1 Å². The zero-order chi connectivity index (χ0) is 26.9. The van der Waals surface area contributed by atoms with E-state index in [1.54, 1.807) is 6.92 Å². The second-order valence-electron chi connectivity index (χ2n) is 9.48. The SMILES string of the molecule is CCOC(=O)CCCC(=O)c1ccc(N[C@H](COc2ccc(-c3nc4ccccc4o3)cc2)C(C)C)cc1. The molecule has 1 aromatic heterocycles. The first kappa shape index (κ1) is 26.9. The third kappa shape index (κ3) is 7.22. The number of Topliss-reactive ketones (excluding diaryl/α,β-unsaturated/α-hetero) is 1. The zero-order valence-corrected chi connectivity index (χ0v) is 22.1. The maximum absolute atomic E-state index is 12.4. The van der Waals surface area contributed by atoms with Crippen molar-refractivity contribution < 1.29 is 23.5 Å². The standard InChI is InChI=1S/C31H34N2O5/c1-4-36-30(35)11-7-9-28(34)22-12-16-24(17-13-22)32-27(21(2)3)20-37-25-18-14-23(15-19-25)31-33-26-8-5-6-10-29(26)38-31/h5-6,8,10,12-19,21,27,32H,4,7,9,11,20H2,1-3H3/t27-/m1/s1. The van der Waals surface area contributed by atoms with E-state index in [0.717, 1.165) is 28.1 Å². The van der Waals surface area contributed by atoms with Crippen LogP contribution in [0.25, 0.3) is 22.6 Å². The number of ether oxygens (including phenoxy) is 2. The monoisotopic (exact) mass is 514 g/mol. The molecule has 0 unspecified atom stereocenters. The summed E-state index contributed by atoms with van der Waals surface area (Å²) in [5, 5.41) is 3.52. The molecule has 4 aromatic rings. The second kappa shape index (κ2) is 12.9. The van der Waals surface area contributed by atoms with Crippen LogP contribution in [0.4, 0.5) is 5.69 Å². The maximum Gasteiger partial charge on any atom is 0.305 e. The van der Waals surface area contributed by atoms with E-state index in [-0.39, 0.29) is 24.2 Å². The van der Waals surface area contributed by atoms with Gasteiger partial charge in [-0.2, -0.15) is 0 Å². The van der Waals surface area contributed by atoms with Gasteiger partial charge in [0.2, 0.25) is 5.89 Å². The molecule has 0 fully saturated rings. The van der Waals surface area contributed by atoms with E-state index < -0.39 is 0 Å². The van der Waals surface area contributed by atoms with Crippen molar-refractivity contribution in [3.8, 4) is 17.2 Å². The Kier molecular flexibility index (Phi) is 9.14. The lowest BCUT2D eigenvalue weighted by Gasteiger charge is -2.24. The van der Waals surface area contributed by atoms with Crippen LogP contribution in [-0.2, 0) is 9.53 Å². The fourth-order valence-electron chi connectivity index (χ4n) is 4.01. The summed E-state index contributed by atoms with van der Waals surface area (Å²) in [6.45, 7) is 6.89. The minimum Gasteiger partial charge on any atom is -0.491 e. The molecule has 0 saturated heterocycles. The first-order valence-corrected chi connectivity index (χ1v) is 13.1. The van der Waals surface area contributed by atoms with E-state index in [2.05, 4.69) is 24.1 Å². The Morgan fingerprint density at radius 2 is 1.68 bits per heavy atom. The molecule has 1 atom stereocenters. The van der Waals surface area contributed by atoms with Gasteiger partial charge in [0, 0.05) is 29.7 Å². The van der Waals surface area contributed by atoms with E-state index in [0.29, 0.717) is 43.4 Å². The molecule has 1 heterocycles. The van der Waals surface area contributed by atoms with Crippen LogP contribution in [0.3, 0.4) is 0 Å². The topological polar surface area (TPSA) is 90.7 Å². The van der Waals surface area contributed by atoms with Crippen LogP contribution in [0.15, 0.2) is 77.2 Å². The number of aromatic nitrogens is 1. The number of nitrogens with one attached hydrogen (secondary N) is 1. The van der Waals surface area contributed by atoms with Crippen molar-refractivity contribution >= 4 is 28.5 Å². The van der Waals surface area contributed by atoms with Crippen molar-refractivity contribution in [1.29, 1.82) is 0 Å². The molecule has 0 bridgehead atoms. The Balaban J connectivity index is 1.29. The van der Waals surface area contributed by atoms with Crippen molar-refractivity contribution in [2.75, 3.05) is 18.5 Å². The highest BCUT2D eigenvalue weighted by molar-refractivity contribution is 5.96. The van der Waals surface area contributed by atoms with Gasteiger partial charge in [0.25, 0.3) is 0 Å². The van der Waals surface area contributed by atoms with Gasteiger partial charge in [-0.1, -0.05) is 26.0 Å². The number of anilines is 1. The lowest BCUT2D eigenvalue weighted by atomic mass is 10.0. The highest BCUT2D eigenvalue weighted by atomic mass is 16.5.